The summed E-state index contributed by atoms with van der Waals surface area (Å²) in [6, 6.07) is 5.43. The molecule has 2 aliphatic heterocycles. The zero-order valence-electron chi connectivity index (χ0n) is 13.1. The van der Waals surface area contributed by atoms with E-state index in [1.54, 1.807) is 12.1 Å². The molecule has 2 amide bonds. The second kappa shape index (κ2) is 6.76. The molecule has 1 aromatic rings. The summed E-state index contributed by atoms with van der Waals surface area (Å²) in [5.74, 6) is 1.21. The number of hydrazine groups is 1. The summed E-state index contributed by atoms with van der Waals surface area (Å²) in [5, 5.41) is 2.87. The summed E-state index contributed by atoms with van der Waals surface area (Å²) in [7, 11) is 0. The lowest BCUT2D eigenvalue weighted by atomic mass is 10.1. The fourth-order valence-electron chi connectivity index (χ4n) is 2.64. The molecule has 1 fully saturated rings. The van der Waals surface area contributed by atoms with Gasteiger partial charge in [-0.2, -0.15) is 0 Å². The molecule has 2 aliphatic rings. The second-order valence-corrected chi connectivity index (χ2v) is 5.47. The third kappa shape index (κ3) is 3.33. The SMILES string of the molecule is CCCOC(=O)N1CCCN1C(=O)Cc1ccc2c(c1)OCO2. The third-order valence-corrected chi connectivity index (χ3v) is 3.75. The minimum absolute atomic E-state index is 0.130. The van der Waals surface area contributed by atoms with Gasteiger partial charge in [0, 0.05) is 13.1 Å². The van der Waals surface area contributed by atoms with E-state index in [1.807, 2.05) is 13.0 Å². The Labute approximate surface area is 134 Å². The maximum atomic E-state index is 12.5. The molecule has 0 spiro atoms. The minimum Gasteiger partial charge on any atom is -0.454 e. The lowest BCUT2D eigenvalue weighted by molar-refractivity contribution is -0.140. The molecule has 0 radical (unpaired) electrons. The number of rotatable bonds is 4. The van der Waals surface area contributed by atoms with Gasteiger partial charge in [0.15, 0.2) is 11.5 Å². The van der Waals surface area contributed by atoms with E-state index in [2.05, 4.69) is 0 Å². The van der Waals surface area contributed by atoms with Crippen LogP contribution < -0.4 is 9.47 Å². The molecular weight excluding hydrogens is 300 g/mol. The number of hydrogen-bond donors (Lipinski definition) is 0. The van der Waals surface area contributed by atoms with Crippen LogP contribution in [0.4, 0.5) is 4.79 Å². The van der Waals surface area contributed by atoms with Crippen LogP contribution in [0.1, 0.15) is 25.3 Å². The second-order valence-electron chi connectivity index (χ2n) is 5.47. The van der Waals surface area contributed by atoms with Gasteiger partial charge in [0.25, 0.3) is 0 Å². The summed E-state index contributed by atoms with van der Waals surface area (Å²) >= 11 is 0. The van der Waals surface area contributed by atoms with Crippen LogP contribution in [-0.2, 0) is 16.0 Å². The van der Waals surface area contributed by atoms with Crippen molar-refractivity contribution >= 4 is 12.0 Å². The van der Waals surface area contributed by atoms with Gasteiger partial charge in [0.2, 0.25) is 12.7 Å². The Morgan fingerprint density at radius 1 is 1.17 bits per heavy atom. The van der Waals surface area contributed by atoms with Crippen LogP contribution in [0, 0.1) is 0 Å². The van der Waals surface area contributed by atoms with Gasteiger partial charge >= 0.3 is 6.09 Å². The van der Waals surface area contributed by atoms with Crippen LogP contribution in [0.2, 0.25) is 0 Å². The van der Waals surface area contributed by atoms with Gasteiger partial charge in [-0.3, -0.25) is 4.79 Å². The van der Waals surface area contributed by atoms with E-state index in [-0.39, 0.29) is 19.1 Å². The highest BCUT2D eigenvalue weighted by Gasteiger charge is 2.31. The zero-order valence-corrected chi connectivity index (χ0v) is 13.1. The number of carbonyl (C=O) groups excluding carboxylic acids is 2. The van der Waals surface area contributed by atoms with Crippen molar-refractivity contribution < 1.29 is 23.8 Å². The summed E-state index contributed by atoms with van der Waals surface area (Å²) < 4.78 is 15.7. The zero-order chi connectivity index (χ0) is 16.2. The molecule has 0 aromatic heterocycles. The lowest BCUT2D eigenvalue weighted by Crippen LogP contribution is -2.45. The maximum Gasteiger partial charge on any atom is 0.428 e. The monoisotopic (exact) mass is 320 g/mol. The molecule has 0 N–H and O–H groups in total. The molecule has 1 saturated heterocycles. The number of ether oxygens (including phenoxy) is 3. The van der Waals surface area contributed by atoms with Crippen LogP contribution in [0.3, 0.4) is 0 Å². The quantitative estimate of drug-likeness (QED) is 0.848. The van der Waals surface area contributed by atoms with Gasteiger partial charge in [-0.15, -0.1) is 0 Å². The molecule has 2 heterocycles. The minimum atomic E-state index is -0.455. The summed E-state index contributed by atoms with van der Waals surface area (Å²) in [5.41, 5.74) is 0.827. The van der Waals surface area contributed by atoms with Crippen LogP contribution in [0.5, 0.6) is 11.5 Å². The van der Waals surface area contributed by atoms with E-state index in [0.29, 0.717) is 31.2 Å². The Balaban J connectivity index is 1.64. The standard InChI is InChI=1S/C16H20N2O5/c1-2-8-21-16(20)18-7-3-6-17(18)15(19)10-12-4-5-13-14(9-12)23-11-22-13/h4-5,9H,2-3,6-8,10-11H2,1H3. The van der Waals surface area contributed by atoms with Crippen molar-refractivity contribution in [3.8, 4) is 11.5 Å². The van der Waals surface area contributed by atoms with Crippen molar-refractivity contribution in [3.63, 3.8) is 0 Å². The molecule has 3 rings (SSSR count). The Hall–Kier alpha value is -2.44. The Bertz CT molecular complexity index is 604. The van der Waals surface area contributed by atoms with E-state index in [4.69, 9.17) is 14.2 Å². The van der Waals surface area contributed by atoms with E-state index < -0.39 is 6.09 Å². The van der Waals surface area contributed by atoms with Gasteiger partial charge in [-0.1, -0.05) is 13.0 Å². The van der Waals surface area contributed by atoms with Gasteiger partial charge in [0.1, 0.15) is 0 Å². The van der Waals surface area contributed by atoms with Crippen LogP contribution in [-0.4, -0.2) is 48.5 Å². The molecule has 0 aliphatic carbocycles. The first kappa shape index (κ1) is 15.5. The van der Waals surface area contributed by atoms with E-state index in [1.165, 1.54) is 10.0 Å². The normalized spacial score (nSPS) is 15.9. The molecule has 0 saturated carbocycles. The average Bonchev–Trinajstić information content (AvgIpc) is 3.20. The first-order valence-electron chi connectivity index (χ1n) is 7.82. The fourth-order valence-corrected chi connectivity index (χ4v) is 2.64. The van der Waals surface area contributed by atoms with E-state index in [0.717, 1.165) is 18.4 Å². The van der Waals surface area contributed by atoms with Crippen molar-refractivity contribution in [1.82, 2.24) is 10.0 Å². The third-order valence-electron chi connectivity index (χ3n) is 3.75. The predicted octanol–water partition coefficient (Wildman–Crippen LogP) is 1.95. The number of nitrogens with zero attached hydrogens (tertiary/aromatic N) is 2. The van der Waals surface area contributed by atoms with Crippen LogP contribution >= 0.6 is 0 Å². The van der Waals surface area contributed by atoms with Gasteiger partial charge in [-0.05, 0) is 30.5 Å². The molecule has 0 atom stereocenters. The average molecular weight is 320 g/mol. The molecule has 23 heavy (non-hydrogen) atoms. The largest absolute Gasteiger partial charge is 0.454 e. The van der Waals surface area contributed by atoms with Crippen LogP contribution in [0.15, 0.2) is 18.2 Å². The summed E-state index contributed by atoms with van der Waals surface area (Å²) in [4.78, 5) is 24.5. The number of hydrogen-bond acceptors (Lipinski definition) is 5. The predicted molar refractivity (Wildman–Crippen MR) is 80.9 cm³/mol. The Morgan fingerprint density at radius 2 is 1.96 bits per heavy atom. The Kier molecular flexibility index (Phi) is 4.55. The van der Waals surface area contributed by atoms with E-state index in [9.17, 15) is 9.59 Å². The fraction of sp³-hybridized carbons (Fsp3) is 0.500. The van der Waals surface area contributed by atoms with Crippen molar-refractivity contribution in [2.45, 2.75) is 26.2 Å². The number of carbonyl (C=O) groups is 2. The topological polar surface area (TPSA) is 68.3 Å². The van der Waals surface area contributed by atoms with Gasteiger partial charge in [-0.25, -0.2) is 14.8 Å². The molecular formula is C16H20N2O5. The first-order valence-corrected chi connectivity index (χ1v) is 7.82. The number of fused-ring (bicyclic) bond motifs is 1. The summed E-state index contributed by atoms with van der Waals surface area (Å²) in [6.07, 6.45) is 1.26. The van der Waals surface area contributed by atoms with E-state index >= 15 is 0 Å². The van der Waals surface area contributed by atoms with Gasteiger partial charge in [0.05, 0.1) is 13.0 Å². The molecule has 7 nitrogen and oxygen atoms in total. The van der Waals surface area contributed by atoms with Crippen molar-refractivity contribution in [2.24, 2.45) is 0 Å². The maximum absolute atomic E-state index is 12.5. The van der Waals surface area contributed by atoms with Gasteiger partial charge < -0.3 is 14.2 Å². The summed E-state index contributed by atoms with van der Waals surface area (Å²) in [6.45, 7) is 3.54. The first-order chi connectivity index (χ1) is 11.2. The smallest absolute Gasteiger partial charge is 0.428 e. The lowest BCUT2D eigenvalue weighted by Gasteiger charge is -2.27. The molecule has 124 valence electrons. The van der Waals surface area contributed by atoms with Crippen molar-refractivity contribution in [1.29, 1.82) is 0 Å². The number of amides is 2. The molecule has 0 unspecified atom stereocenters. The number of benzene rings is 1. The highest BCUT2D eigenvalue weighted by Crippen LogP contribution is 2.32. The van der Waals surface area contributed by atoms with Crippen LogP contribution in [0.25, 0.3) is 0 Å². The highest BCUT2D eigenvalue weighted by molar-refractivity contribution is 5.82. The van der Waals surface area contributed by atoms with Crippen molar-refractivity contribution in [3.05, 3.63) is 23.8 Å². The molecule has 0 bridgehead atoms. The highest BCUT2D eigenvalue weighted by atomic mass is 16.7. The Morgan fingerprint density at radius 3 is 2.78 bits per heavy atom. The molecule has 7 heteroatoms. The van der Waals surface area contributed by atoms with Crippen molar-refractivity contribution in [2.75, 3.05) is 26.5 Å². The molecule has 1 aromatic carbocycles.